The standard InChI is InChI=1S/C37H38BrClN4O4/c1-22-15-28(16-23(2)34(22)39)46-14-7-11-31-30-9-6-10-32(33-24(3)40-41(5)25(33)4)35(30)43-13-8-12-42(37(45)36(31)43)20-26-17-27(38)19-29(18-26)47-21-44/h6,9-10,15-19,21H,7-8,11-14,20H2,1-5H3. The second kappa shape index (κ2) is 13.6. The van der Waals surface area contributed by atoms with Gasteiger partial charge >= 0.3 is 0 Å². The molecule has 0 aliphatic carbocycles. The zero-order chi connectivity index (χ0) is 33.4. The Bertz CT molecular complexity index is 1990. The molecule has 2 aromatic heterocycles. The van der Waals surface area contributed by atoms with E-state index >= 15 is 0 Å². The van der Waals surface area contributed by atoms with Gasteiger partial charge in [0.25, 0.3) is 12.4 Å². The van der Waals surface area contributed by atoms with Gasteiger partial charge in [0, 0.05) is 58.4 Å². The number of amides is 1. The number of carbonyl (C=O) groups excluding carboxylic acids is 2. The number of aryl methyl sites for hydroxylation is 6. The predicted molar refractivity (Wildman–Crippen MR) is 189 cm³/mol. The molecule has 0 atom stereocenters. The molecule has 3 heterocycles. The third kappa shape index (κ3) is 6.43. The van der Waals surface area contributed by atoms with Crippen LogP contribution in [-0.4, -0.2) is 44.8 Å². The van der Waals surface area contributed by atoms with Crippen LogP contribution in [-0.2, 0) is 31.4 Å². The molecule has 6 rings (SSSR count). The van der Waals surface area contributed by atoms with Crippen molar-refractivity contribution in [2.75, 3.05) is 13.2 Å². The average Bonchev–Trinajstić information content (AvgIpc) is 3.41. The summed E-state index contributed by atoms with van der Waals surface area (Å²) in [6, 6.07) is 15.8. The first kappa shape index (κ1) is 32.8. The van der Waals surface area contributed by atoms with Gasteiger partial charge in [0.2, 0.25) is 0 Å². The number of hydrogen-bond donors (Lipinski definition) is 0. The maximum Gasteiger partial charge on any atom is 0.298 e. The number of hydrogen-bond acceptors (Lipinski definition) is 5. The maximum atomic E-state index is 14.6. The van der Waals surface area contributed by atoms with Crippen LogP contribution in [0.1, 0.15) is 57.0 Å². The molecule has 0 saturated carbocycles. The van der Waals surface area contributed by atoms with Crippen LogP contribution in [0.5, 0.6) is 11.5 Å². The second-order valence-electron chi connectivity index (χ2n) is 12.3. The number of ether oxygens (including phenoxy) is 2. The van der Waals surface area contributed by atoms with Crippen molar-refractivity contribution in [1.29, 1.82) is 0 Å². The van der Waals surface area contributed by atoms with Crippen molar-refractivity contribution in [1.82, 2.24) is 19.2 Å². The van der Waals surface area contributed by atoms with Gasteiger partial charge in [-0.15, -0.1) is 0 Å². The number of nitrogens with zero attached hydrogens (tertiary/aromatic N) is 4. The summed E-state index contributed by atoms with van der Waals surface area (Å²) >= 11 is 9.89. The van der Waals surface area contributed by atoms with Crippen LogP contribution in [0.25, 0.3) is 22.0 Å². The summed E-state index contributed by atoms with van der Waals surface area (Å²) in [4.78, 5) is 27.6. The molecule has 0 spiro atoms. The first-order valence-electron chi connectivity index (χ1n) is 15.8. The van der Waals surface area contributed by atoms with Crippen LogP contribution in [0.3, 0.4) is 0 Å². The van der Waals surface area contributed by atoms with Gasteiger partial charge in [-0.05, 0) is 99.5 Å². The summed E-state index contributed by atoms with van der Waals surface area (Å²) in [5.41, 5.74) is 9.91. The van der Waals surface area contributed by atoms with E-state index in [2.05, 4.69) is 45.6 Å². The zero-order valence-electron chi connectivity index (χ0n) is 27.3. The number of carbonyl (C=O) groups is 2. The average molecular weight is 718 g/mol. The molecule has 1 amide bonds. The third-order valence-electron chi connectivity index (χ3n) is 9.00. The third-order valence-corrected chi connectivity index (χ3v) is 10.1. The Balaban J connectivity index is 1.40. The van der Waals surface area contributed by atoms with Crippen molar-refractivity contribution in [3.8, 4) is 22.6 Å². The second-order valence-corrected chi connectivity index (χ2v) is 13.6. The number of benzene rings is 3. The highest BCUT2D eigenvalue weighted by molar-refractivity contribution is 9.10. The summed E-state index contributed by atoms with van der Waals surface area (Å²) in [6.07, 6.45) is 2.20. The van der Waals surface area contributed by atoms with Gasteiger partial charge in [-0.2, -0.15) is 5.10 Å². The van der Waals surface area contributed by atoms with Gasteiger partial charge in [-0.25, -0.2) is 0 Å². The molecule has 5 aromatic rings. The van der Waals surface area contributed by atoms with E-state index in [1.807, 2.05) is 55.6 Å². The molecule has 0 saturated heterocycles. The van der Waals surface area contributed by atoms with Crippen molar-refractivity contribution >= 4 is 50.8 Å². The fourth-order valence-electron chi connectivity index (χ4n) is 6.87. The predicted octanol–water partition coefficient (Wildman–Crippen LogP) is 8.28. The quantitative estimate of drug-likeness (QED) is 0.107. The summed E-state index contributed by atoms with van der Waals surface area (Å²) in [5.74, 6) is 1.21. The molecule has 244 valence electrons. The van der Waals surface area contributed by atoms with Crippen LogP contribution >= 0.6 is 27.5 Å². The van der Waals surface area contributed by atoms with E-state index in [4.69, 9.17) is 26.2 Å². The molecule has 1 aliphatic rings. The summed E-state index contributed by atoms with van der Waals surface area (Å²) in [7, 11) is 1.97. The molecule has 0 N–H and O–H groups in total. The lowest BCUT2D eigenvalue weighted by atomic mass is 9.98. The number of fused-ring (bicyclic) bond motifs is 3. The maximum absolute atomic E-state index is 14.6. The number of halogens is 2. The zero-order valence-corrected chi connectivity index (χ0v) is 29.7. The minimum Gasteiger partial charge on any atom is -0.494 e. The fourth-order valence-corrected chi connectivity index (χ4v) is 7.50. The Morgan fingerprint density at radius 1 is 1.02 bits per heavy atom. The minimum absolute atomic E-state index is 0.0121. The highest BCUT2D eigenvalue weighted by Crippen LogP contribution is 2.39. The van der Waals surface area contributed by atoms with Crippen molar-refractivity contribution < 1.29 is 19.1 Å². The summed E-state index contributed by atoms with van der Waals surface area (Å²) in [6.45, 7) is 10.7. The molecule has 8 nitrogen and oxygen atoms in total. The fraction of sp³-hybridized carbons (Fsp3) is 0.324. The lowest BCUT2D eigenvalue weighted by molar-refractivity contribution is -0.120. The molecule has 10 heteroatoms. The number of rotatable bonds is 10. The van der Waals surface area contributed by atoms with E-state index in [1.165, 1.54) is 0 Å². The topological polar surface area (TPSA) is 78.6 Å². The molecule has 0 radical (unpaired) electrons. The largest absolute Gasteiger partial charge is 0.494 e. The SMILES string of the molecule is Cc1cc(OCCCc2c3n(c4c(-c5c(C)nn(C)c5C)cccc24)CCCN(Cc2cc(Br)cc(OC=O)c2)C3=O)cc(C)c1Cl. The van der Waals surface area contributed by atoms with Crippen molar-refractivity contribution in [3.63, 3.8) is 0 Å². The Morgan fingerprint density at radius 3 is 2.49 bits per heavy atom. The molecular formula is C37H38BrClN4O4. The Kier molecular flexibility index (Phi) is 9.48. The number of para-hydroxylation sites is 1. The monoisotopic (exact) mass is 716 g/mol. The van der Waals surface area contributed by atoms with E-state index in [0.717, 1.165) is 89.5 Å². The smallest absolute Gasteiger partial charge is 0.298 e. The van der Waals surface area contributed by atoms with E-state index in [0.29, 0.717) is 44.9 Å². The van der Waals surface area contributed by atoms with Gasteiger partial charge in [-0.3, -0.25) is 14.3 Å². The van der Waals surface area contributed by atoms with E-state index in [9.17, 15) is 9.59 Å². The summed E-state index contributed by atoms with van der Waals surface area (Å²) in [5, 5.41) is 6.55. The summed E-state index contributed by atoms with van der Waals surface area (Å²) < 4.78 is 16.2. The van der Waals surface area contributed by atoms with E-state index < -0.39 is 0 Å². The first-order valence-corrected chi connectivity index (χ1v) is 17.0. The van der Waals surface area contributed by atoms with Gasteiger partial charge < -0.3 is 18.9 Å². The molecule has 1 aliphatic heterocycles. The molecule has 0 fully saturated rings. The van der Waals surface area contributed by atoms with Crippen molar-refractivity contribution in [3.05, 3.63) is 97.4 Å². The molecule has 0 bridgehead atoms. The normalized spacial score (nSPS) is 13.2. The number of aromatic nitrogens is 3. The van der Waals surface area contributed by atoms with Crippen LogP contribution in [0.2, 0.25) is 5.02 Å². The van der Waals surface area contributed by atoms with Gasteiger partial charge in [0.1, 0.15) is 17.2 Å². The molecular weight excluding hydrogens is 680 g/mol. The molecule has 47 heavy (non-hydrogen) atoms. The minimum atomic E-state index is -0.0121. The van der Waals surface area contributed by atoms with Crippen LogP contribution < -0.4 is 9.47 Å². The van der Waals surface area contributed by atoms with Crippen molar-refractivity contribution in [2.24, 2.45) is 7.05 Å². The first-order chi connectivity index (χ1) is 22.6. The lowest BCUT2D eigenvalue weighted by Crippen LogP contribution is -2.31. The highest BCUT2D eigenvalue weighted by atomic mass is 79.9. The Labute approximate surface area is 288 Å². The van der Waals surface area contributed by atoms with Crippen molar-refractivity contribution in [2.45, 2.75) is 60.0 Å². The molecule has 3 aromatic carbocycles. The van der Waals surface area contributed by atoms with Crippen LogP contribution in [0, 0.1) is 27.7 Å². The van der Waals surface area contributed by atoms with Gasteiger partial charge in [0.15, 0.2) is 0 Å². The Hall–Kier alpha value is -4.08. The lowest BCUT2D eigenvalue weighted by Gasteiger charge is -2.21. The van der Waals surface area contributed by atoms with E-state index in [1.54, 1.807) is 12.1 Å². The van der Waals surface area contributed by atoms with Gasteiger partial charge in [0.05, 0.1) is 17.8 Å². The molecule has 0 unspecified atom stereocenters. The van der Waals surface area contributed by atoms with E-state index in [-0.39, 0.29) is 5.91 Å². The Morgan fingerprint density at radius 2 is 1.79 bits per heavy atom. The van der Waals surface area contributed by atoms with Crippen LogP contribution in [0.15, 0.2) is 53.0 Å². The van der Waals surface area contributed by atoms with Crippen LogP contribution in [0.4, 0.5) is 0 Å². The van der Waals surface area contributed by atoms with Gasteiger partial charge in [-0.1, -0.05) is 45.7 Å². The highest BCUT2D eigenvalue weighted by Gasteiger charge is 2.31.